The number of nitrogens with one attached hydrogen (secondary N) is 2. The van der Waals surface area contributed by atoms with Crippen LogP contribution in [0.1, 0.15) is 47.0 Å². The molecule has 0 saturated carbocycles. The fourth-order valence-corrected chi connectivity index (χ4v) is 5.70. The lowest BCUT2D eigenvalue weighted by Crippen LogP contribution is -2.58. The van der Waals surface area contributed by atoms with Crippen LogP contribution in [0.5, 0.6) is 5.75 Å². The smallest absolute Gasteiger partial charge is 0.246 e. The van der Waals surface area contributed by atoms with E-state index in [0.717, 1.165) is 0 Å². The second kappa shape index (κ2) is 9.19. The molecule has 1 aromatic carbocycles. The molecule has 0 aromatic heterocycles. The molecule has 3 saturated heterocycles. The number of carbonyl (C=O) groups excluding carboxylic acids is 3. The van der Waals surface area contributed by atoms with E-state index in [1.807, 2.05) is 27.7 Å². The summed E-state index contributed by atoms with van der Waals surface area (Å²) >= 11 is 0. The maximum absolute atomic E-state index is 13.6. The Kier molecular flexibility index (Phi) is 6.61. The predicted molar refractivity (Wildman–Crippen MR) is 125 cm³/mol. The van der Waals surface area contributed by atoms with Crippen LogP contribution in [-0.2, 0) is 19.1 Å². The summed E-state index contributed by atoms with van der Waals surface area (Å²) in [7, 11) is 0. The van der Waals surface area contributed by atoms with E-state index in [0.29, 0.717) is 37.3 Å². The first kappa shape index (κ1) is 24.5. The summed E-state index contributed by atoms with van der Waals surface area (Å²) in [5.74, 6) is -1.53. The number of likely N-dealkylation sites (tertiary alicyclic amines) is 1. The lowest BCUT2D eigenvalue weighted by Gasteiger charge is -2.35. The fraction of sp³-hybridized carbons (Fsp3) is 0.640. The van der Waals surface area contributed by atoms with E-state index in [2.05, 4.69) is 10.6 Å². The van der Waals surface area contributed by atoms with Gasteiger partial charge in [-0.15, -0.1) is 0 Å². The number of anilines is 1. The van der Waals surface area contributed by atoms with Crippen LogP contribution < -0.4 is 15.4 Å². The number of hydrogen-bond acceptors (Lipinski definition) is 6. The first-order valence-electron chi connectivity index (χ1n) is 12.1. The second-order valence-electron chi connectivity index (χ2n) is 10.4. The molecule has 3 aliphatic rings. The molecule has 3 N–H and O–H groups in total. The van der Waals surface area contributed by atoms with Crippen LogP contribution in [0.3, 0.4) is 0 Å². The largest absolute Gasteiger partial charge is 0.494 e. The minimum atomic E-state index is -1.03. The van der Waals surface area contributed by atoms with Crippen molar-refractivity contribution in [3.63, 3.8) is 0 Å². The van der Waals surface area contributed by atoms with Gasteiger partial charge >= 0.3 is 0 Å². The Morgan fingerprint density at radius 1 is 1.24 bits per heavy atom. The molecule has 3 aliphatic heterocycles. The van der Waals surface area contributed by atoms with E-state index in [-0.39, 0.29) is 30.9 Å². The van der Waals surface area contributed by atoms with E-state index in [9.17, 15) is 19.5 Å². The van der Waals surface area contributed by atoms with Crippen LogP contribution in [0.15, 0.2) is 24.3 Å². The van der Waals surface area contributed by atoms with Crippen LogP contribution >= 0.6 is 0 Å². The van der Waals surface area contributed by atoms with E-state index in [4.69, 9.17) is 9.47 Å². The number of benzene rings is 1. The average molecular weight is 474 g/mol. The van der Waals surface area contributed by atoms with Gasteiger partial charge in [0.1, 0.15) is 17.4 Å². The maximum atomic E-state index is 13.6. The van der Waals surface area contributed by atoms with Gasteiger partial charge in [0.25, 0.3) is 0 Å². The number of aliphatic hydroxyl groups is 1. The molecule has 4 rings (SSSR count). The molecule has 9 nitrogen and oxygen atoms in total. The Hall–Kier alpha value is -2.65. The van der Waals surface area contributed by atoms with Crippen LogP contribution in [0.2, 0.25) is 0 Å². The van der Waals surface area contributed by atoms with Gasteiger partial charge in [-0.1, -0.05) is 0 Å². The van der Waals surface area contributed by atoms with Crippen LogP contribution in [0.4, 0.5) is 5.69 Å². The zero-order valence-corrected chi connectivity index (χ0v) is 20.3. The third-order valence-corrected chi connectivity index (χ3v) is 6.84. The van der Waals surface area contributed by atoms with Crippen molar-refractivity contribution >= 4 is 23.4 Å². The zero-order valence-electron chi connectivity index (χ0n) is 20.3. The molecule has 2 bridgehead atoms. The van der Waals surface area contributed by atoms with Gasteiger partial charge in [0.05, 0.1) is 24.5 Å². The highest BCUT2D eigenvalue weighted by Crippen LogP contribution is 2.58. The van der Waals surface area contributed by atoms with Crippen molar-refractivity contribution in [2.75, 3.05) is 25.1 Å². The molecule has 9 heteroatoms. The molecule has 3 heterocycles. The van der Waals surface area contributed by atoms with Crippen LogP contribution in [0.25, 0.3) is 0 Å². The molecule has 186 valence electrons. The molecular formula is C25H35N3O6. The number of amides is 3. The summed E-state index contributed by atoms with van der Waals surface area (Å²) in [5, 5.41) is 15.3. The highest BCUT2D eigenvalue weighted by molar-refractivity contribution is 6.02. The third kappa shape index (κ3) is 4.27. The highest BCUT2D eigenvalue weighted by Gasteiger charge is 2.74. The summed E-state index contributed by atoms with van der Waals surface area (Å²) < 4.78 is 11.8. The first-order chi connectivity index (χ1) is 16.1. The Labute approximate surface area is 200 Å². The molecule has 3 amide bonds. The van der Waals surface area contributed by atoms with E-state index in [1.54, 1.807) is 24.3 Å². The molecular weight excluding hydrogens is 438 g/mol. The van der Waals surface area contributed by atoms with Crippen molar-refractivity contribution in [2.24, 2.45) is 11.8 Å². The Balaban J connectivity index is 1.60. The van der Waals surface area contributed by atoms with Gasteiger partial charge in [-0.05, 0) is 71.2 Å². The summed E-state index contributed by atoms with van der Waals surface area (Å²) in [6, 6.07) is 6.25. The zero-order chi connectivity index (χ0) is 24.7. The normalized spacial score (nSPS) is 29.8. The third-order valence-electron chi connectivity index (χ3n) is 6.84. The number of rotatable bonds is 8. The predicted octanol–water partition coefficient (Wildman–Crippen LogP) is 1.70. The number of aliphatic hydroxyl groups excluding tert-OH is 1. The van der Waals surface area contributed by atoms with E-state index in [1.165, 1.54) is 4.90 Å². The molecule has 5 atom stereocenters. The number of nitrogens with zero attached hydrogens (tertiary/aromatic N) is 1. The Morgan fingerprint density at radius 2 is 1.94 bits per heavy atom. The number of hydrogen-bond donors (Lipinski definition) is 3. The monoisotopic (exact) mass is 473 g/mol. The van der Waals surface area contributed by atoms with E-state index < -0.39 is 35.1 Å². The summed E-state index contributed by atoms with van der Waals surface area (Å²) in [6.45, 7) is 8.24. The Morgan fingerprint density at radius 3 is 2.56 bits per heavy atom. The number of ether oxygens (including phenoxy) is 2. The lowest BCUT2D eigenvalue weighted by molar-refractivity contribution is -0.142. The average Bonchev–Trinajstić information content (AvgIpc) is 3.40. The minimum absolute atomic E-state index is 0.0970. The molecule has 1 spiro atoms. The van der Waals surface area contributed by atoms with E-state index >= 15 is 0 Å². The van der Waals surface area contributed by atoms with Crippen molar-refractivity contribution < 1.29 is 29.0 Å². The SMILES string of the molecule is CCOc1ccc(NC(=O)[C@@H]2[C@@H]3CCC4(O3)C(C(=O)NC(C)(C)C)N(CCCO)C(=O)[C@H]24)cc1. The van der Waals surface area contributed by atoms with Crippen LogP contribution in [0, 0.1) is 11.8 Å². The van der Waals surface area contributed by atoms with Crippen molar-refractivity contribution in [3.8, 4) is 5.75 Å². The van der Waals surface area contributed by atoms with Gasteiger partial charge in [0, 0.05) is 24.4 Å². The van der Waals surface area contributed by atoms with Gasteiger partial charge in [-0.3, -0.25) is 14.4 Å². The van der Waals surface area contributed by atoms with Crippen molar-refractivity contribution in [1.82, 2.24) is 10.2 Å². The maximum Gasteiger partial charge on any atom is 0.246 e. The van der Waals surface area contributed by atoms with Crippen molar-refractivity contribution in [2.45, 2.75) is 70.2 Å². The van der Waals surface area contributed by atoms with Gasteiger partial charge in [-0.25, -0.2) is 0 Å². The summed E-state index contributed by atoms with van der Waals surface area (Å²) in [4.78, 5) is 41.9. The molecule has 3 fully saturated rings. The standard InChI is InChI=1S/C25H35N3O6/c1-5-33-16-9-7-15(8-10-16)26-21(30)18-17-11-12-25(34-17)19(18)23(32)28(13-6-14-29)20(25)22(31)27-24(2,3)4/h7-10,17-20,29H,5-6,11-14H2,1-4H3,(H,26,30)(H,27,31)/t17-,18+,19-,20?,25?/m0/s1. The van der Waals surface area contributed by atoms with Gasteiger partial charge < -0.3 is 30.1 Å². The topological polar surface area (TPSA) is 117 Å². The summed E-state index contributed by atoms with van der Waals surface area (Å²) in [5.41, 5.74) is -0.916. The molecule has 2 unspecified atom stereocenters. The molecule has 0 radical (unpaired) electrons. The minimum Gasteiger partial charge on any atom is -0.494 e. The summed E-state index contributed by atoms with van der Waals surface area (Å²) in [6.07, 6.45) is 1.08. The lowest BCUT2D eigenvalue weighted by atomic mass is 9.70. The molecule has 1 aromatic rings. The fourth-order valence-electron chi connectivity index (χ4n) is 5.70. The van der Waals surface area contributed by atoms with Gasteiger partial charge in [-0.2, -0.15) is 0 Å². The Bertz CT molecular complexity index is 943. The first-order valence-corrected chi connectivity index (χ1v) is 12.1. The molecule has 0 aliphatic carbocycles. The number of fused-ring (bicyclic) bond motifs is 1. The van der Waals surface area contributed by atoms with Crippen molar-refractivity contribution in [1.29, 1.82) is 0 Å². The van der Waals surface area contributed by atoms with Gasteiger partial charge in [0.2, 0.25) is 17.7 Å². The number of carbonyl (C=O) groups is 3. The van der Waals surface area contributed by atoms with Crippen LogP contribution in [-0.4, -0.2) is 70.8 Å². The quantitative estimate of drug-likeness (QED) is 0.529. The highest BCUT2D eigenvalue weighted by atomic mass is 16.5. The molecule has 34 heavy (non-hydrogen) atoms. The van der Waals surface area contributed by atoms with Gasteiger partial charge in [0.15, 0.2) is 0 Å². The second-order valence-corrected chi connectivity index (χ2v) is 10.4. The van der Waals surface area contributed by atoms with Crippen molar-refractivity contribution in [3.05, 3.63) is 24.3 Å².